The van der Waals surface area contributed by atoms with E-state index in [2.05, 4.69) is 15.9 Å². The fraction of sp³-hybridized carbons (Fsp3) is 0.500. The van der Waals surface area contributed by atoms with Crippen LogP contribution in [0.3, 0.4) is 0 Å². The summed E-state index contributed by atoms with van der Waals surface area (Å²) in [6.07, 6.45) is 0. The zero-order chi connectivity index (χ0) is 15.1. The summed E-state index contributed by atoms with van der Waals surface area (Å²) in [6, 6.07) is 3.02. The molecule has 1 aromatic heterocycles. The number of hydrogen-bond donors (Lipinski definition) is 2. The van der Waals surface area contributed by atoms with E-state index in [0.29, 0.717) is 13.1 Å². The molecule has 0 aliphatic rings. The Kier molecular flexibility index (Phi) is 7.57. The number of halogens is 1. The number of carbonyl (C=O) groups is 2. The van der Waals surface area contributed by atoms with Gasteiger partial charge < -0.3 is 15.7 Å². The summed E-state index contributed by atoms with van der Waals surface area (Å²) < 4.78 is 1.04. The number of hydrogen-bond acceptors (Lipinski definition) is 5. The molecule has 1 amide bonds. The standard InChI is InChI=1S/C12H17BrN2O3S2/c1-2-15(5-8-3-4-10(13)20-8)11(16)7-19-6-9(14)12(17)18/h3-4,9H,2,5-7,14H2,1H3,(H,17,18). The molecule has 1 atom stereocenters. The number of thioether (sulfide) groups is 1. The second-order valence-electron chi connectivity index (χ2n) is 4.07. The van der Waals surface area contributed by atoms with Gasteiger partial charge in [0.15, 0.2) is 0 Å². The fourth-order valence-electron chi connectivity index (χ4n) is 1.44. The maximum absolute atomic E-state index is 12.0. The first kappa shape index (κ1) is 17.5. The Morgan fingerprint density at radius 3 is 2.75 bits per heavy atom. The van der Waals surface area contributed by atoms with Crippen LogP contribution >= 0.6 is 39.0 Å². The van der Waals surface area contributed by atoms with Gasteiger partial charge in [-0.25, -0.2) is 0 Å². The van der Waals surface area contributed by atoms with Gasteiger partial charge in [0.05, 0.1) is 16.1 Å². The third kappa shape index (κ3) is 5.82. The van der Waals surface area contributed by atoms with Crippen molar-refractivity contribution in [1.29, 1.82) is 0 Å². The van der Waals surface area contributed by atoms with Crippen molar-refractivity contribution in [3.05, 3.63) is 20.8 Å². The topological polar surface area (TPSA) is 83.6 Å². The van der Waals surface area contributed by atoms with Gasteiger partial charge in [-0.1, -0.05) is 0 Å². The van der Waals surface area contributed by atoms with Crippen LogP contribution in [0.4, 0.5) is 0 Å². The predicted octanol–water partition coefficient (Wildman–Crippen LogP) is 2.00. The normalized spacial score (nSPS) is 12.2. The lowest BCUT2D eigenvalue weighted by Gasteiger charge is -2.20. The Hall–Kier alpha value is -0.570. The summed E-state index contributed by atoms with van der Waals surface area (Å²) in [6.45, 7) is 3.13. The lowest BCUT2D eigenvalue weighted by atomic mass is 10.4. The second kappa shape index (κ2) is 8.66. The van der Waals surface area contributed by atoms with Gasteiger partial charge in [-0.15, -0.1) is 23.1 Å². The highest BCUT2D eigenvalue weighted by atomic mass is 79.9. The van der Waals surface area contributed by atoms with Crippen molar-refractivity contribution in [3.8, 4) is 0 Å². The number of carboxylic acid groups (broad SMARTS) is 1. The monoisotopic (exact) mass is 380 g/mol. The lowest BCUT2D eigenvalue weighted by molar-refractivity contribution is -0.138. The molecule has 3 N–H and O–H groups in total. The molecule has 0 aromatic carbocycles. The van der Waals surface area contributed by atoms with Crippen molar-refractivity contribution in [3.63, 3.8) is 0 Å². The van der Waals surface area contributed by atoms with Gasteiger partial charge in [0, 0.05) is 17.2 Å². The summed E-state index contributed by atoms with van der Waals surface area (Å²) in [7, 11) is 0. The van der Waals surface area contributed by atoms with E-state index >= 15 is 0 Å². The van der Waals surface area contributed by atoms with Gasteiger partial charge in [-0.05, 0) is 35.0 Å². The zero-order valence-electron chi connectivity index (χ0n) is 11.0. The van der Waals surface area contributed by atoms with Crippen molar-refractivity contribution in [2.24, 2.45) is 5.73 Å². The Morgan fingerprint density at radius 1 is 1.55 bits per heavy atom. The summed E-state index contributed by atoms with van der Waals surface area (Å²) >= 11 is 6.25. The van der Waals surface area contributed by atoms with Crippen molar-refractivity contribution in [2.45, 2.75) is 19.5 Å². The Balaban J connectivity index is 2.41. The summed E-state index contributed by atoms with van der Waals surface area (Å²) in [4.78, 5) is 25.5. The van der Waals surface area contributed by atoms with Crippen LogP contribution in [-0.2, 0) is 16.1 Å². The molecule has 0 aliphatic heterocycles. The van der Waals surface area contributed by atoms with Crippen molar-refractivity contribution < 1.29 is 14.7 Å². The number of thiophene rings is 1. The van der Waals surface area contributed by atoms with Gasteiger partial charge in [-0.3, -0.25) is 9.59 Å². The van der Waals surface area contributed by atoms with Crippen molar-refractivity contribution in [2.75, 3.05) is 18.1 Å². The van der Waals surface area contributed by atoms with E-state index in [0.717, 1.165) is 8.66 Å². The number of nitrogens with two attached hydrogens (primary N) is 1. The van der Waals surface area contributed by atoms with Crippen molar-refractivity contribution in [1.82, 2.24) is 4.90 Å². The second-order valence-corrected chi connectivity index (χ2v) is 7.65. The maximum atomic E-state index is 12.0. The molecule has 1 aromatic rings. The summed E-state index contributed by atoms with van der Waals surface area (Å²) in [5, 5.41) is 8.66. The maximum Gasteiger partial charge on any atom is 0.321 e. The van der Waals surface area contributed by atoms with E-state index in [1.54, 1.807) is 16.2 Å². The molecule has 0 radical (unpaired) electrons. The van der Waals surface area contributed by atoms with Gasteiger partial charge >= 0.3 is 5.97 Å². The van der Waals surface area contributed by atoms with Gasteiger partial charge in [0.2, 0.25) is 5.91 Å². The van der Waals surface area contributed by atoms with Crippen LogP contribution in [0.25, 0.3) is 0 Å². The number of rotatable bonds is 8. The van der Waals surface area contributed by atoms with Crippen LogP contribution in [0.2, 0.25) is 0 Å². The minimum absolute atomic E-state index is 0.000360. The predicted molar refractivity (Wildman–Crippen MR) is 86.0 cm³/mol. The van der Waals surface area contributed by atoms with Crippen LogP contribution in [0.15, 0.2) is 15.9 Å². The third-order valence-corrected chi connectivity index (χ3v) is 5.20. The van der Waals surface area contributed by atoms with E-state index in [1.165, 1.54) is 11.8 Å². The number of carboxylic acids is 1. The molecule has 1 heterocycles. The SMILES string of the molecule is CCN(Cc1ccc(Br)s1)C(=O)CSCC(N)C(=O)O. The molecular formula is C12H17BrN2O3S2. The largest absolute Gasteiger partial charge is 0.480 e. The molecule has 8 heteroatoms. The summed E-state index contributed by atoms with van der Waals surface area (Å²) in [5.41, 5.74) is 5.39. The molecule has 0 bridgehead atoms. The highest BCUT2D eigenvalue weighted by Gasteiger charge is 2.16. The Labute approximate surface area is 134 Å². The van der Waals surface area contributed by atoms with Crippen LogP contribution in [0.5, 0.6) is 0 Å². The van der Waals surface area contributed by atoms with Crippen molar-refractivity contribution >= 4 is 50.9 Å². The van der Waals surface area contributed by atoms with Gasteiger partial charge in [0.25, 0.3) is 0 Å². The Morgan fingerprint density at radius 2 is 2.25 bits per heavy atom. The Bertz CT molecular complexity index is 467. The molecule has 1 rings (SSSR count). The van der Waals surface area contributed by atoms with E-state index in [9.17, 15) is 9.59 Å². The third-order valence-electron chi connectivity index (χ3n) is 2.55. The first-order valence-electron chi connectivity index (χ1n) is 6.02. The highest BCUT2D eigenvalue weighted by molar-refractivity contribution is 9.11. The molecule has 1 unspecified atom stereocenters. The van der Waals surface area contributed by atoms with Gasteiger partial charge in [-0.2, -0.15) is 0 Å². The van der Waals surface area contributed by atoms with Crippen LogP contribution in [0.1, 0.15) is 11.8 Å². The lowest BCUT2D eigenvalue weighted by Crippen LogP contribution is -2.35. The molecule has 20 heavy (non-hydrogen) atoms. The quantitative estimate of drug-likeness (QED) is 0.720. The first-order chi connectivity index (χ1) is 9.43. The molecule has 5 nitrogen and oxygen atoms in total. The van der Waals surface area contributed by atoms with E-state index in [4.69, 9.17) is 10.8 Å². The molecular weight excluding hydrogens is 364 g/mol. The summed E-state index contributed by atoms with van der Waals surface area (Å²) in [5.74, 6) is -0.551. The van der Waals surface area contributed by atoms with Crippen LogP contribution in [-0.4, -0.2) is 46.0 Å². The number of amides is 1. The number of aliphatic carboxylic acids is 1. The molecule has 0 saturated carbocycles. The zero-order valence-corrected chi connectivity index (χ0v) is 14.3. The van der Waals surface area contributed by atoms with Gasteiger partial charge in [0.1, 0.15) is 6.04 Å². The van der Waals surface area contributed by atoms with E-state index in [-0.39, 0.29) is 17.4 Å². The molecule has 0 aliphatic carbocycles. The molecule has 112 valence electrons. The average Bonchev–Trinajstić information content (AvgIpc) is 2.81. The van der Waals surface area contributed by atoms with E-state index in [1.807, 2.05) is 19.1 Å². The molecule has 0 saturated heterocycles. The number of carbonyl (C=O) groups excluding carboxylic acids is 1. The van der Waals surface area contributed by atoms with Crippen LogP contribution < -0.4 is 5.73 Å². The first-order valence-corrected chi connectivity index (χ1v) is 8.78. The molecule has 0 spiro atoms. The fourth-order valence-corrected chi connectivity index (χ4v) is 3.81. The minimum Gasteiger partial charge on any atom is -0.480 e. The van der Waals surface area contributed by atoms with E-state index < -0.39 is 12.0 Å². The number of nitrogens with zero attached hydrogens (tertiary/aromatic N) is 1. The highest BCUT2D eigenvalue weighted by Crippen LogP contribution is 2.23. The molecule has 0 fully saturated rings. The minimum atomic E-state index is -1.04. The average molecular weight is 381 g/mol. The van der Waals surface area contributed by atoms with Crippen LogP contribution in [0, 0.1) is 0 Å². The smallest absolute Gasteiger partial charge is 0.321 e.